The van der Waals surface area contributed by atoms with Crippen molar-refractivity contribution >= 4 is 17.4 Å². The SMILES string of the molecule is O=C(c1cc(NCc2ccccn2)ncn1)N1CCN(c2ccc(F)cc2)CC1. The first-order chi connectivity index (χ1) is 14.2. The lowest BCUT2D eigenvalue weighted by Crippen LogP contribution is -2.49. The molecule has 8 heteroatoms. The zero-order chi connectivity index (χ0) is 20.1. The zero-order valence-corrected chi connectivity index (χ0v) is 15.8. The Balaban J connectivity index is 1.35. The molecule has 1 N–H and O–H groups in total. The van der Waals surface area contributed by atoms with Gasteiger partial charge in [0.15, 0.2) is 0 Å². The van der Waals surface area contributed by atoms with Crippen molar-refractivity contribution < 1.29 is 9.18 Å². The molecular formula is C21H21FN6O. The largest absolute Gasteiger partial charge is 0.368 e. The van der Waals surface area contributed by atoms with Crippen molar-refractivity contribution in [1.29, 1.82) is 0 Å². The molecule has 1 fully saturated rings. The monoisotopic (exact) mass is 392 g/mol. The van der Waals surface area contributed by atoms with Gasteiger partial charge in [-0.2, -0.15) is 0 Å². The van der Waals surface area contributed by atoms with Crippen LogP contribution in [-0.4, -0.2) is 51.9 Å². The van der Waals surface area contributed by atoms with Gasteiger partial charge in [-0.1, -0.05) is 6.07 Å². The molecule has 0 unspecified atom stereocenters. The molecule has 4 rings (SSSR count). The van der Waals surface area contributed by atoms with E-state index in [4.69, 9.17) is 0 Å². The summed E-state index contributed by atoms with van der Waals surface area (Å²) in [5.74, 6) is 0.213. The molecule has 29 heavy (non-hydrogen) atoms. The highest BCUT2D eigenvalue weighted by atomic mass is 19.1. The highest BCUT2D eigenvalue weighted by Gasteiger charge is 2.23. The van der Waals surface area contributed by atoms with Crippen molar-refractivity contribution in [2.45, 2.75) is 6.54 Å². The van der Waals surface area contributed by atoms with Crippen LogP contribution in [0.1, 0.15) is 16.2 Å². The molecule has 1 aromatic carbocycles. The molecule has 1 amide bonds. The summed E-state index contributed by atoms with van der Waals surface area (Å²) >= 11 is 0. The Labute approximate surface area is 168 Å². The lowest BCUT2D eigenvalue weighted by molar-refractivity contribution is 0.0740. The van der Waals surface area contributed by atoms with Crippen LogP contribution in [0.25, 0.3) is 0 Å². The summed E-state index contributed by atoms with van der Waals surface area (Å²) < 4.78 is 13.1. The van der Waals surface area contributed by atoms with E-state index in [-0.39, 0.29) is 11.7 Å². The Bertz CT molecular complexity index is 958. The van der Waals surface area contributed by atoms with Crippen molar-refractivity contribution in [3.8, 4) is 0 Å². The third kappa shape index (κ3) is 4.66. The molecule has 0 radical (unpaired) electrons. The molecule has 148 valence electrons. The van der Waals surface area contributed by atoms with Gasteiger partial charge in [0.1, 0.15) is 23.7 Å². The van der Waals surface area contributed by atoms with Gasteiger partial charge in [0.05, 0.1) is 12.2 Å². The maximum absolute atomic E-state index is 13.1. The first-order valence-electron chi connectivity index (χ1n) is 9.45. The quantitative estimate of drug-likeness (QED) is 0.720. The Hall–Kier alpha value is -3.55. The van der Waals surface area contributed by atoms with E-state index in [1.54, 1.807) is 29.3 Å². The van der Waals surface area contributed by atoms with Gasteiger partial charge in [-0.25, -0.2) is 14.4 Å². The normalized spacial score (nSPS) is 14.0. The molecule has 1 saturated heterocycles. The first kappa shape index (κ1) is 18.8. The van der Waals surface area contributed by atoms with Crippen molar-refractivity contribution in [3.63, 3.8) is 0 Å². The minimum Gasteiger partial charge on any atom is -0.368 e. The summed E-state index contributed by atoms with van der Waals surface area (Å²) in [6.45, 7) is 3.05. The Kier molecular flexibility index (Phi) is 5.60. The van der Waals surface area contributed by atoms with Crippen molar-refractivity contribution in [2.24, 2.45) is 0 Å². The predicted molar refractivity (Wildman–Crippen MR) is 108 cm³/mol. The molecule has 7 nitrogen and oxygen atoms in total. The average molecular weight is 392 g/mol. The molecular weight excluding hydrogens is 371 g/mol. The third-order valence-corrected chi connectivity index (χ3v) is 4.82. The van der Waals surface area contributed by atoms with E-state index >= 15 is 0 Å². The molecule has 0 aliphatic carbocycles. The maximum Gasteiger partial charge on any atom is 0.272 e. The van der Waals surface area contributed by atoms with Gasteiger partial charge in [0.25, 0.3) is 5.91 Å². The second-order valence-electron chi connectivity index (χ2n) is 6.72. The molecule has 1 aliphatic rings. The standard InChI is InChI=1S/C21H21FN6O/c22-16-4-6-18(7-5-16)27-9-11-28(12-10-27)21(29)19-13-20(26-15-25-19)24-14-17-3-1-2-8-23-17/h1-8,13,15H,9-12,14H2,(H,24,25,26). The Morgan fingerprint density at radius 1 is 1.00 bits per heavy atom. The van der Waals surface area contributed by atoms with Crippen molar-refractivity contribution in [1.82, 2.24) is 19.9 Å². The number of carbonyl (C=O) groups is 1. The number of hydrogen-bond acceptors (Lipinski definition) is 6. The number of carbonyl (C=O) groups excluding carboxylic acids is 1. The predicted octanol–water partition coefficient (Wildman–Crippen LogP) is 2.59. The minimum absolute atomic E-state index is 0.118. The van der Waals surface area contributed by atoms with Crippen LogP contribution >= 0.6 is 0 Å². The second kappa shape index (κ2) is 8.64. The fourth-order valence-corrected chi connectivity index (χ4v) is 3.24. The summed E-state index contributed by atoms with van der Waals surface area (Å²) in [5.41, 5.74) is 2.20. The molecule has 0 saturated carbocycles. The van der Waals surface area contributed by atoms with Crippen LogP contribution < -0.4 is 10.2 Å². The lowest BCUT2D eigenvalue weighted by atomic mass is 10.2. The number of rotatable bonds is 5. The molecule has 0 atom stereocenters. The van der Waals surface area contributed by atoms with E-state index in [1.807, 2.05) is 18.2 Å². The van der Waals surface area contributed by atoms with Gasteiger partial charge in [-0.3, -0.25) is 9.78 Å². The van der Waals surface area contributed by atoms with E-state index in [2.05, 4.69) is 25.2 Å². The van der Waals surface area contributed by atoms with Crippen LogP contribution in [0.5, 0.6) is 0 Å². The summed E-state index contributed by atoms with van der Waals surface area (Å²) in [5, 5.41) is 3.17. The molecule has 3 heterocycles. The lowest BCUT2D eigenvalue weighted by Gasteiger charge is -2.36. The third-order valence-electron chi connectivity index (χ3n) is 4.82. The van der Waals surface area contributed by atoms with Crippen LogP contribution in [-0.2, 0) is 6.54 Å². The van der Waals surface area contributed by atoms with Gasteiger partial charge >= 0.3 is 0 Å². The molecule has 0 bridgehead atoms. The Morgan fingerprint density at radius 2 is 1.79 bits per heavy atom. The molecule has 1 aliphatic heterocycles. The second-order valence-corrected chi connectivity index (χ2v) is 6.72. The summed E-state index contributed by atoms with van der Waals surface area (Å²) in [4.78, 5) is 29.3. The topological polar surface area (TPSA) is 74.2 Å². The van der Waals surface area contributed by atoms with Gasteiger partial charge < -0.3 is 15.1 Å². The molecule has 3 aromatic rings. The summed E-state index contributed by atoms with van der Waals surface area (Å²) in [6, 6.07) is 13.8. The number of halogens is 1. The number of benzene rings is 1. The summed E-state index contributed by atoms with van der Waals surface area (Å²) in [7, 11) is 0. The van der Waals surface area contributed by atoms with Crippen molar-refractivity contribution in [2.75, 3.05) is 36.4 Å². The van der Waals surface area contributed by atoms with Crippen LogP contribution in [0.3, 0.4) is 0 Å². The number of anilines is 2. The smallest absolute Gasteiger partial charge is 0.272 e. The number of aromatic nitrogens is 3. The number of piperazine rings is 1. The van der Waals surface area contributed by atoms with Gasteiger partial charge in [0, 0.05) is 44.1 Å². The highest BCUT2D eigenvalue weighted by molar-refractivity contribution is 5.93. The number of pyridine rings is 1. The summed E-state index contributed by atoms with van der Waals surface area (Å²) in [6.07, 6.45) is 3.13. The van der Waals surface area contributed by atoms with Crippen LogP contribution in [0, 0.1) is 5.82 Å². The minimum atomic E-state index is -0.251. The first-order valence-corrected chi connectivity index (χ1v) is 9.45. The van der Waals surface area contributed by atoms with Gasteiger partial charge in [-0.15, -0.1) is 0 Å². The van der Waals surface area contributed by atoms with Gasteiger partial charge in [-0.05, 0) is 36.4 Å². The average Bonchev–Trinajstić information content (AvgIpc) is 2.79. The highest BCUT2D eigenvalue weighted by Crippen LogP contribution is 2.18. The number of nitrogens with zero attached hydrogens (tertiary/aromatic N) is 5. The van der Waals surface area contributed by atoms with Crippen LogP contribution in [0.4, 0.5) is 15.9 Å². The van der Waals surface area contributed by atoms with Crippen LogP contribution in [0.15, 0.2) is 61.1 Å². The number of nitrogens with one attached hydrogen (secondary N) is 1. The van der Waals surface area contributed by atoms with Gasteiger partial charge in [0.2, 0.25) is 0 Å². The van der Waals surface area contributed by atoms with Crippen LogP contribution in [0.2, 0.25) is 0 Å². The van der Waals surface area contributed by atoms with Crippen molar-refractivity contribution in [3.05, 3.63) is 78.3 Å². The van der Waals surface area contributed by atoms with E-state index in [1.165, 1.54) is 18.5 Å². The van der Waals surface area contributed by atoms with E-state index in [0.29, 0.717) is 44.2 Å². The molecule has 0 spiro atoms. The Morgan fingerprint density at radius 3 is 2.52 bits per heavy atom. The fourth-order valence-electron chi connectivity index (χ4n) is 3.24. The van der Waals surface area contributed by atoms with E-state index < -0.39 is 0 Å². The maximum atomic E-state index is 13.1. The van der Waals surface area contributed by atoms with E-state index in [0.717, 1.165) is 11.4 Å². The number of hydrogen-bond donors (Lipinski definition) is 1. The fraction of sp³-hybridized carbons (Fsp3) is 0.238. The van der Waals surface area contributed by atoms with E-state index in [9.17, 15) is 9.18 Å². The zero-order valence-electron chi connectivity index (χ0n) is 15.8. The molecule has 2 aromatic heterocycles. The number of amides is 1.